The number of nitrogens with one attached hydrogen (secondary N) is 1. The number of nitrogens with zero attached hydrogens (tertiary/aromatic N) is 4. The van der Waals surface area contributed by atoms with E-state index < -0.39 is 0 Å². The maximum atomic E-state index is 13.0. The largest absolute Gasteiger partial charge is 0.348 e. The molecule has 1 unspecified atom stereocenters. The third-order valence-corrected chi connectivity index (χ3v) is 6.59. The Hall–Kier alpha value is -3.45. The number of amides is 1. The van der Waals surface area contributed by atoms with E-state index in [0.717, 1.165) is 41.4 Å². The smallest absolute Gasteiger partial charge is 0.230 e. The molecule has 2 heterocycles. The molecule has 166 valence electrons. The van der Waals surface area contributed by atoms with Gasteiger partial charge in [0.25, 0.3) is 0 Å². The molecule has 0 radical (unpaired) electrons. The van der Waals surface area contributed by atoms with Gasteiger partial charge in [-0.1, -0.05) is 72.4 Å². The van der Waals surface area contributed by atoms with Crippen molar-refractivity contribution in [2.45, 2.75) is 36.5 Å². The zero-order valence-corrected chi connectivity index (χ0v) is 19.0. The Morgan fingerprint density at radius 1 is 1.00 bits per heavy atom. The fourth-order valence-electron chi connectivity index (χ4n) is 3.88. The Morgan fingerprint density at radius 3 is 2.45 bits per heavy atom. The first-order chi connectivity index (χ1) is 16.3. The van der Waals surface area contributed by atoms with Crippen LogP contribution in [-0.4, -0.2) is 31.4 Å². The summed E-state index contributed by atoms with van der Waals surface area (Å²) >= 11 is 1.44. The van der Waals surface area contributed by atoms with Crippen LogP contribution in [0.1, 0.15) is 36.1 Å². The van der Waals surface area contributed by atoms with Gasteiger partial charge < -0.3 is 5.32 Å². The molecule has 1 fully saturated rings. The number of aromatic nitrogens is 4. The third-order valence-electron chi connectivity index (χ3n) is 5.65. The molecule has 7 heteroatoms. The van der Waals surface area contributed by atoms with E-state index in [1.54, 1.807) is 12.4 Å². The van der Waals surface area contributed by atoms with Crippen molar-refractivity contribution in [2.24, 2.45) is 0 Å². The second-order valence-electron chi connectivity index (χ2n) is 8.16. The number of carbonyl (C=O) groups excluding carboxylic acids is 1. The molecule has 0 spiro atoms. The molecule has 1 saturated carbocycles. The van der Waals surface area contributed by atoms with E-state index >= 15 is 0 Å². The van der Waals surface area contributed by atoms with Gasteiger partial charge in [0, 0.05) is 24.0 Å². The zero-order chi connectivity index (χ0) is 22.5. The molecule has 0 aliphatic heterocycles. The molecule has 0 saturated heterocycles. The monoisotopic (exact) mass is 455 g/mol. The summed E-state index contributed by atoms with van der Waals surface area (Å²) in [6.07, 6.45) is 6.51. The lowest BCUT2D eigenvalue weighted by atomic mass is 9.99. The van der Waals surface area contributed by atoms with Crippen LogP contribution in [0, 0.1) is 0 Å². The molecule has 1 aliphatic rings. The van der Waals surface area contributed by atoms with Gasteiger partial charge in [-0.05, 0) is 42.5 Å². The van der Waals surface area contributed by atoms with Crippen molar-refractivity contribution >= 4 is 17.7 Å². The molecule has 0 bridgehead atoms. The third kappa shape index (κ3) is 5.31. The van der Waals surface area contributed by atoms with Gasteiger partial charge in [0.1, 0.15) is 0 Å². The summed E-state index contributed by atoms with van der Waals surface area (Å²) in [5.41, 5.74) is 3.23. The topological polar surface area (TPSA) is 72.7 Å². The molecule has 1 atom stereocenters. The minimum Gasteiger partial charge on any atom is -0.348 e. The lowest BCUT2D eigenvalue weighted by Gasteiger charge is -2.19. The molecular weight excluding hydrogens is 430 g/mol. The lowest BCUT2D eigenvalue weighted by Crippen LogP contribution is -2.31. The van der Waals surface area contributed by atoms with Crippen LogP contribution in [0.2, 0.25) is 0 Å². The normalized spacial score (nSPS) is 14.1. The number of hydrogen-bond acceptors (Lipinski definition) is 5. The van der Waals surface area contributed by atoms with Crippen molar-refractivity contribution in [3.05, 3.63) is 96.3 Å². The van der Waals surface area contributed by atoms with E-state index in [1.165, 1.54) is 17.3 Å². The molecule has 1 amide bonds. The molecular formula is C26H25N5OS. The number of pyridine rings is 1. The highest BCUT2D eigenvalue weighted by Crippen LogP contribution is 2.40. The van der Waals surface area contributed by atoms with Gasteiger partial charge >= 0.3 is 0 Å². The van der Waals surface area contributed by atoms with E-state index in [-0.39, 0.29) is 17.7 Å². The van der Waals surface area contributed by atoms with Crippen LogP contribution in [-0.2, 0) is 11.2 Å². The second-order valence-corrected chi connectivity index (χ2v) is 9.10. The van der Waals surface area contributed by atoms with Gasteiger partial charge in [-0.2, -0.15) is 0 Å². The lowest BCUT2D eigenvalue weighted by molar-refractivity contribution is -0.119. The van der Waals surface area contributed by atoms with Crippen LogP contribution >= 0.6 is 11.8 Å². The van der Waals surface area contributed by atoms with E-state index in [1.807, 2.05) is 48.5 Å². The van der Waals surface area contributed by atoms with Gasteiger partial charge in [-0.15, -0.1) is 10.2 Å². The average molecular weight is 456 g/mol. The number of hydrogen-bond donors (Lipinski definition) is 1. The number of thioether (sulfide) groups is 1. The molecule has 1 N–H and O–H groups in total. The maximum Gasteiger partial charge on any atom is 0.230 e. The SMILES string of the molecule is O=C(CSc1nnc(-c2cccnc2)n1C1CC1)NC(Cc1ccccc1)c1ccccc1. The highest BCUT2D eigenvalue weighted by Gasteiger charge is 2.30. The van der Waals surface area contributed by atoms with Crippen molar-refractivity contribution in [3.8, 4) is 11.4 Å². The van der Waals surface area contributed by atoms with Crippen LogP contribution in [0.15, 0.2) is 90.3 Å². The summed E-state index contributed by atoms with van der Waals surface area (Å²) in [5.74, 6) is 1.09. The van der Waals surface area contributed by atoms with E-state index in [4.69, 9.17) is 0 Å². The predicted octanol–water partition coefficient (Wildman–Crippen LogP) is 4.87. The van der Waals surface area contributed by atoms with E-state index in [2.05, 4.69) is 49.3 Å². The van der Waals surface area contributed by atoms with Gasteiger partial charge in [0.2, 0.25) is 5.91 Å². The van der Waals surface area contributed by atoms with Crippen molar-refractivity contribution in [1.29, 1.82) is 0 Å². The maximum absolute atomic E-state index is 13.0. The van der Waals surface area contributed by atoms with E-state index in [0.29, 0.717) is 6.04 Å². The van der Waals surface area contributed by atoms with E-state index in [9.17, 15) is 4.79 Å². The molecule has 6 nitrogen and oxygen atoms in total. The van der Waals surface area contributed by atoms with Crippen molar-refractivity contribution in [1.82, 2.24) is 25.1 Å². The predicted molar refractivity (Wildman–Crippen MR) is 130 cm³/mol. The summed E-state index contributed by atoms with van der Waals surface area (Å²) in [7, 11) is 0. The molecule has 2 aromatic heterocycles. The van der Waals surface area contributed by atoms with Crippen LogP contribution in [0.4, 0.5) is 0 Å². The van der Waals surface area contributed by atoms with Gasteiger partial charge in [-0.25, -0.2) is 0 Å². The van der Waals surface area contributed by atoms with Crippen molar-refractivity contribution in [3.63, 3.8) is 0 Å². The summed E-state index contributed by atoms with van der Waals surface area (Å²) in [4.78, 5) is 17.2. The first kappa shape index (κ1) is 21.4. The van der Waals surface area contributed by atoms with Crippen LogP contribution in [0.25, 0.3) is 11.4 Å². The van der Waals surface area contributed by atoms with Gasteiger partial charge in [-0.3, -0.25) is 14.3 Å². The quantitative estimate of drug-likeness (QED) is 0.365. The van der Waals surface area contributed by atoms with Gasteiger partial charge in [0.15, 0.2) is 11.0 Å². The van der Waals surface area contributed by atoms with Crippen LogP contribution < -0.4 is 5.32 Å². The first-order valence-electron chi connectivity index (χ1n) is 11.1. The van der Waals surface area contributed by atoms with Crippen molar-refractivity contribution in [2.75, 3.05) is 5.75 Å². The molecule has 2 aromatic carbocycles. The van der Waals surface area contributed by atoms with Crippen molar-refractivity contribution < 1.29 is 4.79 Å². The van der Waals surface area contributed by atoms with Crippen LogP contribution in [0.3, 0.4) is 0 Å². The summed E-state index contributed by atoms with van der Waals surface area (Å²) in [6, 6.07) is 24.6. The highest BCUT2D eigenvalue weighted by atomic mass is 32.2. The Morgan fingerprint density at radius 2 is 1.76 bits per heavy atom. The minimum absolute atomic E-state index is 0.0157. The van der Waals surface area contributed by atoms with Gasteiger partial charge in [0.05, 0.1) is 11.8 Å². The molecule has 5 rings (SSSR count). The molecule has 33 heavy (non-hydrogen) atoms. The standard InChI is InChI=1S/C26H25N5OS/c32-24(28-23(20-10-5-2-6-11-20)16-19-8-3-1-4-9-19)18-33-26-30-29-25(31(26)22-13-14-22)21-12-7-15-27-17-21/h1-12,15,17,22-23H,13-14,16,18H2,(H,28,32). The number of carbonyl (C=O) groups is 1. The number of rotatable bonds is 9. The Balaban J connectivity index is 1.29. The fraction of sp³-hybridized carbons (Fsp3) is 0.231. The zero-order valence-electron chi connectivity index (χ0n) is 18.2. The summed E-state index contributed by atoms with van der Waals surface area (Å²) in [5, 5.41) is 12.8. The molecule has 1 aliphatic carbocycles. The Labute approximate surface area is 197 Å². The highest BCUT2D eigenvalue weighted by molar-refractivity contribution is 7.99. The van der Waals surface area contributed by atoms with Crippen LogP contribution in [0.5, 0.6) is 0 Å². The average Bonchev–Trinajstić information content (AvgIpc) is 3.62. The Bertz CT molecular complexity index is 1190. The number of benzene rings is 2. The summed E-state index contributed by atoms with van der Waals surface area (Å²) < 4.78 is 2.16. The Kier molecular flexibility index (Phi) is 6.48. The first-order valence-corrected chi connectivity index (χ1v) is 12.1. The second kappa shape index (κ2) is 10.0. The molecule has 4 aromatic rings. The fourth-order valence-corrected chi connectivity index (χ4v) is 4.70. The summed E-state index contributed by atoms with van der Waals surface area (Å²) in [6.45, 7) is 0. The minimum atomic E-state index is -0.0889.